The normalized spacial score (nSPS) is 55.8. The van der Waals surface area contributed by atoms with Gasteiger partial charge in [0.1, 0.15) is 0 Å². The molecule has 12 heavy (non-hydrogen) atoms. The van der Waals surface area contributed by atoms with Crippen LogP contribution in [0, 0.1) is 23.7 Å². The van der Waals surface area contributed by atoms with Crippen molar-refractivity contribution < 1.29 is 14.6 Å². The molecule has 1 saturated heterocycles. The molecule has 0 spiro atoms. The molecular weight excluding hydrogens is 156 g/mol. The summed E-state index contributed by atoms with van der Waals surface area (Å²) in [5.74, 6) is 0.887. The number of hydrogen-bond acceptors (Lipinski definition) is 3. The van der Waals surface area contributed by atoms with Gasteiger partial charge >= 0.3 is 5.97 Å². The van der Waals surface area contributed by atoms with Crippen molar-refractivity contribution in [1.82, 2.24) is 0 Å². The number of carbonyl (C=O) groups is 1. The van der Waals surface area contributed by atoms with E-state index in [2.05, 4.69) is 0 Å². The molecule has 1 N–H and O–H groups in total. The van der Waals surface area contributed by atoms with Crippen LogP contribution < -0.4 is 0 Å². The molecule has 0 aromatic heterocycles. The molecular formula is C9H12O3. The molecule has 3 fully saturated rings. The zero-order valence-corrected chi connectivity index (χ0v) is 6.77. The lowest BCUT2D eigenvalue weighted by Gasteiger charge is -2.18. The second-order valence-electron chi connectivity index (χ2n) is 4.22. The van der Waals surface area contributed by atoms with Crippen molar-refractivity contribution in [3.63, 3.8) is 0 Å². The van der Waals surface area contributed by atoms with Gasteiger partial charge < -0.3 is 9.84 Å². The summed E-state index contributed by atoms with van der Waals surface area (Å²) in [6.45, 7) is 0.557. The Kier molecular flexibility index (Phi) is 1.16. The van der Waals surface area contributed by atoms with Crippen LogP contribution in [0.5, 0.6) is 0 Å². The van der Waals surface area contributed by atoms with Crippen LogP contribution in [0.25, 0.3) is 0 Å². The van der Waals surface area contributed by atoms with E-state index in [4.69, 9.17) is 4.74 Å². The number of carbonyl (C=O) groups excluding carboxylic acids is 1. The Bertz CT molecular complexity index is 236. The fraction of sp³-hybridized carbons (Fsp3) is 0.889. The van der Waals surface area contributed by atoms with Crippen molar-refractivity contribution in [2.24, 2.45) is 23.7 Å². The first-order chi connectivity index (χ1) is 5.79. The minimum atomic E-state index is -0.215. The average molecular weight is 168 g/mol. The Balaban J connectivity index is 1.98. The summed E-state index contributed by atoms with van der Waals surface area (Å²) in [7, 11) is 0. The zero-order chi connectivity index (χ0) is 8.29. The maximum Gasteiger partial charge on any atom is 0.309 e. The first-order valence-corrected chi connectivity index (χ1v) is 4.64. The number of fused-ring (bicyclic) bond motifs is 5. The van der Waals surface area contributed by atoms with Crippen molar-refractivity contribution in [2.75, 3.05) is 6.61 Å². The number of hydrogen-bond donors (Lipinski definition) is 1. The molecule has 1 aliphatic heterocycles. The van der Waals surface area contributed by atoms with Gasteiger partial charge in [0, 0.05) is 5.92 Å². The second kappa shape index (κ2) is 2.02. The zero-order valence-electron chi connectivity index (χ0n) is 6.77. The average Bonchev–Trinajstić information content (AvgIpc) is 2.66. The van der Waals surface area contributed by atoms with Crippen LogP contribution in [0.4, 0.5) is 0 Å². The van der Waals surface area contributed by atoms with E-state index in [9.17, 15) is 9.90 Å². The van der Waals surface area contributed by atoms with Crippen molar-refractivity contribution in [1.29, 1.82) is 0 Å². The first kappa shape index (κ1) is 6.89. The van der Waals surface area contributed by atoms with Crippen molar-refractivity contribution in [2.45, 2.75) is 18.9 Å². The molecule has 2 saturated carbocycles. The summed E-state index contributed by atoms with van der Waals surface area (Å²) in [6, 6.07) is 0. The Hall–Kier alpha value is -0.570. The minimum absolute atomic E-state index is 0.0405. The third-order valence-electron chi connectivity index (χ3n) is 3.87. The number of aliphatic hydroxyl groups excluding tert-OH is 1. The van der Waals surface area contributed by atoms with Crippen LogP contribution in [0.3, 0.4) is 0 Å². The molecule has 3 rings (SSSR count). The highest BCUT2D eigenvalue weighted by molar-refractivity contribution is 5.76. The quantitative estimate of drug-likeness (QED) is 0.525. The van der Waals surface area contributed by atoms with Gasteiger partial charge in [0.15, 0.2) is 0 Å². The third kappa shape index (κ3) is 0.600. The highest BCUT2D eigenvalue weighted by atomic mass is 16.5. The van der Waals surface area contributed by atoms with E-state index in [1.54, 1.807) is 0 Å². The molecule has 5 atom stereocenters. The number of aliphatic hydroxyl groups is 1. The lowest BCUT2D eigenvalue weighted by Crippen LogP contribution is -2.23. The SMILES string of the molecule is O=C1OC[C@H]2[C@H]3CC[C@H]([C@H]3O)[C@@H]12. The molecule has 66 valence electrons. The molecule has 0 radical (unpaired) electrons. The monoisotopic (exact) mass is 168 g/mol. The predicted octanol–water partition coefficient (Wildman–Crippen LogP) is 0.176. The molecule has 2 aliphatic carbocycles. The van der Waals surface area contributed by atoms with E-state index < -0.39 is 0 Å². The van der Waals surface area contributed by atoms with Gasteiger partial charge in [0.05, 0.1) is 18.6 Å². The van der Waals surface area contributed by atoms with Gasteiger partial charge in [-0.1, -0.05) is 0 Å². The summed E-state index contributed by atoms with van der Waals surface area (Å²) in [4.78, 5) is 11.3. The summed E-state index contributed by atoms with van der Waals surface area (Å²) >= 11 is 0. The fourth-order valence-electron chi connectivity index (χ4n) is 3.34. The van der Waals surface area contributed by atoms with E-state index in [1.807, 2.05) is 0 Å². The van der Waals surface area contributed by atoms with E-state index in [0.29, 0.717) is 18.4 Å². The summed E-state index contributed by atoms with van der Waals surface area (Å²) in [5.41, 5.74) is 0. The van der Waals surface area contributed by atoms with Gasteiger partial charge in [-0.05, 0) is 24.7 Å². The molecule has 3 aliphatic rings. The largest absolute Gasteiger partial charge is 0.465 e. The molecule has 0 aromatic carbocycles. The van der Waals surface area contributed by atoms with Gasteiger partial charge in [-0.15, -0.1) is 0 Å². The number of esters is 1. The molecule has 0 aromatic rings. The maximum atomic E-state index is 11.3. The number of rotatable bonds is 0. The second-order valence-corrected chi connectivity index (χ2v) is 4.22. The van der Waals surface area contributed by atoms with E-state index in [1.165, 1.54) is 0 Å². The molecule has 1 heterocycles. The van der Waals surface area contributed by atoms with Crippen molar-refractivity contribution in [3.05, 3.63) is 0 Å². The molecule has 3 heteroatoms. The highest BCUT2D eigenvalue weighted by Crippen LogP contribution is 2.54. The van der Waals surface area contributed by atoms with Gasteiger partial charge in [-0.3, -0.25) is 4.79 Å². The van der Waals surface area contributed by atoms with Crippen molar-refractivity contribution >= 4 is 5.97 Å². The van der Waals surface area contributed by atoms with Crippen LogP contribution >= 0.6 is 0 Å². The van der Waals surface area contributed by atoms with Gasteiger partial charge in [0.2, 0.25) is 0 Å². The van der Waals surface area contributed by atoms with Crippen LogP contribution in [-0.2, 0) is 9.53 Å². The van der Waals surface area contributed by atoms with E-state index in [0.717, 1.165) is 12.8 Å². The molecule has 3 nitrogen and oxygen atoms in total. The summed E-state index contributed by atoms with van der Waals surface area (Å²) in [5, 5.41) is 9.74. The highest BCUT2D eigenvalue weighted by Gasteiger charge is 2.60. The standard InChI is InChI=1S/C9H12O3/c10-8-4-1-2-5(8)7-6(4)3-12-9(7)11/h4-8,10H,1-3H2/t4-,5+,6+,7-,8+/m1/s1. The Morgan fingerprint density at radius 1 is 1.25 bits per heavy atom. The number of cyclic esters (lactones) is 1. The molecule has 2 bridgehead atoms. The van der Waals surface area contributed by atoms with Crippen LogP contribution in [0.1, 0.15) is 12.8 Å². The summed E-state index contributed by atoms with van der Waals surface area (Å²) < 4.78 is 5.00. The third-order valence-corrected chi connectivity index (χ3v) is 3.87. The van der Waals surface area contributed by atoms with Crippen molar-refractivity contribution in [3.8, 4) is 0 Å². The van der Waals surface area contributed by atoms with Crippen LogP contribution in [0.2, 0.25) is 0 Å². The van der Waals surface area contributed by atoms with Crippen LogP contribution in [-0.4, -0.2) is 23.8 Å². The maximum absolute atomic E-state index is 11.3. The Labute approximate surface area is 70.7 Å². The van der Waals surface area contributed by atoms with Gasteiger partial charge in [-0.25, -0.2) is 0 Å². The topological polar surface area (TPSA) is 46.5 Å². The summed E-state index contributed by atoms with van der Waals surface area (Å²) in [6.07, 6.45) is 1.89. The minimum Gasteiger partial charge on any atom is -0.465 e. The van der Waals surface area contributed by atoms with E-state index >= 15 is 0 Å². The lowest BCUT2D eigenvalue weighted by atomic mass is 9.81. The predicted molar refractivity (Wildman–Crippen MR) is 40.2 cm³/mol. The lowest BCUT2D eigenvalue weighted by molar-refractivity contribution is -0.143. The first-order valence-electron chi connectivity index (χ1n) is 4.64. The Morgan fingerprint density at radius 3 is 2.75 bits per heavy atom. The van der Waals surface area contributed by atoms with Gasteiger partial charge in [0.25, 0.3) is 0 Å². The Morgan fingerprint density at radius 2 is 2.00 bits per heavy atom. The number of ether oxygens (including phenoxy) is 1. The van der Waals surface area contributed by atoms with Crippen LogP contribution in [0.15, 0.2) is 0 Å². The van der Waals surface area contributed by atoms with E-state index in [-0.39, 0.29) is 23.9 Å². The van der Waals surface area contributed by atoms with Gasteiger partial charge in [-0.2, -0.15) is 0 Å². The molecule has 0 amide bonds. The molecule has 0 unspecified atom stereocenters. The fourth-order valence-corrected chi connectivity index (χ4v) is 3.34. The smallest absolute Gasteiger partial charge is 0.309 e.